The fourth-order valence-electron chi connectivity index (χ4n) is 2.41. The van der Waals surface area contributed by atoms with E-state index in [0.717, 1.165) is 18.5 Å². The maximum Gasteiger partial charge on any atom is 0.255 e. The molecule has 0 saturated heterocycles. The van der Waals surface area contributed by atoms with Gasteiger partial charge >= 0.3 is 0 Å². The molecule has 1 fully saturated rings. The third-order valence-electron chi connectivity index (χ3n) is 3.30. The summed E-state index contributed by atoms with van der Waals surface area (Å²) in [5.74, 6) is 0.641. The molecule has 1 aliphatic rings. The first-order valence-electron chi connectivity index (χ1n) is 5.99. The van der Waals surface area contributed by atoms with Crippen molar-refractivity contribution in [3.8, 4) is 0 Å². The fourth-order valence-corrected chi connectivity index (χ4v) is 2.41. The lowest BCUT2D eigenvalue weighted by atomic mass is 9.88. The standard InChI is InChI=1S/C12H19N3O2/c1-6-11(12(17)15-8(3)13-6)7(2)14-9-4-10(16)5-9/h7,9-10,14,16H,4-5H2,1-3H3,(H,13,15,17). The number of aliphatic hydroxyl groups is 1. The van der Waals surface area contributed by atoms with Crippen molar-refractivity contribution >= 4 is 0 Å². The van der Waals surface area contributed by atoms with Crippen LogP contribution in [-0.4, -0.2) is 27.2 Å². The number of aryl methyl sites for hydroxylation is 2. The Balaban J connectivity index is 2.13. The van der Waals surface area contributed by atoms with Crippen LogP contribution in [0.25, 0.3) is 0 Å². The summed E-state index contributed by atoms with van der Waals surface area (Å²) in [6.07, 6.45) is 1.34. The van der Waals surface area contributed by atoms with Gasteiger partial charge in [0.05, 0.1) is 11.7 Å². The van der Waals surface area contributed by atoms with Crippen LogP contribution >= 0.6 is 0 Å². The molecular weight excluding hydrogens is 218 g/mol. The van der Waals surface area contributed by atoms with Crippen molar-refractivity contribution in [2.24, 2.45) is 0 Å². The van der Waals surface area contributed by atoms with Crippen LogP contribution in [0.2, 0.25) is 0 Å². The van der Waals surface area contributed by atoms with Gasteiger partial charge in [-0.25, -0.2) is 4.98 Å². The van der Waals surface area contributed by atoms with Crippen LogP contribution in [0.4, 0.5) is 0 Å². The van der Waals surface area contributed by atoms with Crippen molar-refractivity contribution < 1.29 is 5.11 Å². The van der Waals surface area contributed by atoms with Crippen LogP contribution in [0.1, 0.15) is 42.9 Å². The van der Waals surface area contributed by atoms with E-state index >= 15 is 0 Å². The minimum absolute atomic E-state index is 0.0376. The van der Waals surface area contributed by atoms with Gasteiger partial charge in [-0.15, -0.1) is 0 Å². The molecule has 5 heteroatoms. The van der Waals surface area contributed by atoms with Gasteiger partial charge < -0.3 is 15.4 Å². The summed E-state index contributed by atoms with van der Waals surface area (Å²) < 4.78 is 0. The van der Waals surface area contributed by atoms with E-state index in [1.54, 1.807) is 6.92 Å². The zero-order valence-electron chi connectivity index (χ0n) is 10.4. The van der Waals surface area contributed by atoms with Gasteiger partial charge in [0.1, 0.15) is 5.82 Å². The molecule has 0 bridgehead atoms. The molecule has 1 unspecified atom stereocenters. The molecule has 0 aromatic carbocycles. The van der Waals surface area contributed by atoms with Crippen LogP contribution in [-0.2, 0) is 0 Å². The third-order valence-corrected chi connectivity index (χ3v) is 3.30. The van der Waals surface area contributed by atoms with E-state index in [0.29, 0.717) is 17.4 Å². The molecule has 94 valence electrons. The summed E-state index contributed by atoms with van der Waals surface area (Å²) in [6.45, 7) is 5.59. The number of aromatic nitrogens is 2. The van der Waals surface area contributed by atoms with Crippen molar-refractivity contribution in [1.29, 1.82) is 0 Å². The molecule has 1 aliphatic carbocycles. The van der Waals surface area contributed by atoms with Gasteiger partial charge in [-0.1, -0.05) is 0 Å². The van der Waals surface area contributed by atoms with Crippen LogP contribution < -0.4 is 10.9 Å². The Bertz CT molecular complexity index is 463. The van der Waals surface area contributed by atoms with E-state index in [1.807, 2.05) is 13.8 Å². The van der Waals surface area contributed by atoms with Gasteiger partial charge in [0, 0.05) is 17.8 Å². The highest BCUT2D eigenvalue weighted by Crippen LogP contribution is 2.23. The topological polar surface area (TPSA) is 78.0 Å². The Hall–Kier alpha value is -1.20. The monoisotopic (exact) mass is 237 g/mol. The Morgan fingerprint density at radius 1 is 1.47 bits per heavy atom. The lowest BCUT2D eigenvalue weighted by Crippen LogP contribution is -2.46. The zero-order valence-corrected chi connectivity index (χ0v) is 10.4. The summed E-state index contributed by atoms with van der Waals surface area (Å²) in [5, 5.41) is 12.6. The molecule has 3 N–H and O–H groups in total. The second-order valence-electron chi connectivity index (χ2n) is 4.86. The third kappa shape index (κ3) is 2.56. The van der Waals surface area contributed by atoms with E-state index in [1.165, 1.54) is 0 Å². The smallest absolute Gasteiger partial charge is 0.255 e. The lowest BCUT2D eigenvalue weighted by Gasteiger charge is -2.34. The van der Waals surface area contributed by atoms with Crippen LogP contribution in [0.15, 0.2) is 4.79 Å². The first-order valence-corrected chi connectivity index (χ1v) is 5.99. The van der Waals surface area contributed by atoms with Crippen molar-refractivity contribution in [2.45, 2.75) is 51.8 Å². The van der Waals surface area contributed by atoms with Crippen molar-refractivity contribution in [2.75, 3.05) is 0 Å². The predicted octanol–water partition coefficient (Wildman–Crippen LogP) is 0.561. The van der Waals surface area contributed by atoms with Crippen LogP contribution in [0.5, 0.6) is 0 Å². The van der Waals surface area contributed by atoms with Gasteiger partial charge in [-0.05, 0) is 33.6 Å². The quantitative estimate of drug-likeness (QED) is 0.718. The number of aromatic amines is 1. The molecule has 5 nitrogen and oxygen atoms in total. The minimum Gasteiger partial charge on any atom is -0.393 e. The second kappa shape index (κ2) is 4.58. The summed E-state index contributed by atoms with van der Waals surface area (Å²) in [7, 11) is 0. The first kappa shape index (κ1) is 12.3. The highest BCUT2D eigenvalue weighted by molar-refractivity contribution is 5.20. The summed E-state index contributed by atoms with van der Waals surface area (Å²) >= 11 is 0. The molecule has 0 aliphatic heterocycles. The molecule has 1 atom stereocenters. The Labute approximate surface area is 100 Å². The van der Waals surface area contributed by atoms with Gasteiger partial charge in [-0.3, -0.25) is 4.79 Å². The zero-order chi connectivity index (χ0) is 12.6. The van der Waals surface area contributed by atoms with Gasteiger partial charge in [-0.2, -0.15) is 0 Å². The first-order chi connectivity index (χ1) is 7.97. The van der Waals surface area contributed by atoms with Crippen LogP contribution in [0, 0.1) is 13.8 Å². The van der Waals surface area contributed by atoms with E-state index in [4.69, 9.17) is 0 Å². The maximum absolute atomic E-state index is 11.9. The molecule has 0 radical (unpaired) electrons. The largest absolute Gasteiger partial charge is 0.393 e. The molecule has 2 rings (SSSR count). The number of H-pyrrole nitrogens is 1. The number of nitrogens with zero attached hydrogens (tertiary/aromatic N) is 1. The van der Waals surface area contributed by atoms with Gasteiger partial charge in [0.2, 0.25) is 0 Å². The number of hydrogen-bond donors (Lipinski definition) is 3. The molecule has 1 aromatic rings. The Morgan fingerprint density at radius 3 is 2.65 bits per heavy atom. The summed E-state index contributed by atoms with van der Waals surface area (Å²) in [5.41, 5.74) is 1.39. The predicted molar refractivity (Wildman–Crippen MR) is 64.9 cm³/mol. The Kier molecular flexibility index (Phi) is 3.31. The highest BCUT2D eigenvalue weighted by Gasteiger charge is 2.29. The average molecular weight is 237 g/mol. The molecular formula is C12H19N3O2. The van der Waals surface area contributed by atoms with E-state index in [2.05, 4.69) is 15.3 Å². The molecule has 17 heavy (non-hydrogen) atoms. The second-order valence-corrected chi connectivity index (χ2v) is 4.86. The number of nitrogens with one attached hydrogen (secondary N) is 2. The summed E-state index contributed by atoms with van der Waals surface area (Å²) in [6, 6.07) is 0.268. The van der Waals surface area contributed by atoms with Gasteiger partial charge in [0.15, 0.2) is 0 Å². The van der Waals surface area contributed by atoms with E-state index in [9.17, 15) is 9.90 Å². The highest BCUT2D eigenvalue weighted by atomic mass is 16.3. The SMILES string of the molecule is Cc1nc(C)c(C(C)NC2CC(O)C2)c(=O)[nH]1. The van der Waals surface area contributed by atoms with E-state index < -0.39 is 0 Å². The number of aliphatic hydroxyl groups excluding tert-OH is 1. The maximum atomic E-state index is 11.9. The normalized spacial score (nSPS) is 25.4. The number of hydrogen-bond acceptors (Lipinski definition) is 4. The molecule has 0 spiro atoms. The van der Waals surface area contributed by atoms with Gasteiger partial charge in [0.25, 0.3) is 5.56 Å². The minimum atomic E-state index is -0.185. The molecule has 1 heterocycles. The number of rotatable bonds is 3. The molecule has 1 aromatic heterocycles. The molecule has 0 amide bonds. The fraction of sp³-hybridized carbons (Fsp3) is 0.667. The lowest BCUT2D eigenvalue weighted by molar-refractivity contribution is 0.0584. The molecule has 1 saturated carbocycles. The van der Waals surface area contributed by atoms with Crippen LogP contribution in [0.3, 0.4) is 0 Å². The summed E-state index contributed by atoms with van der Waals surface area (Å²) in [4.78, 5) is 18.9. The average Bonchev–Trinajstić information content (AvgIpc) is 2.13. The van der Waals surface area contributed by atoms with Crippen molar-refractivity contribution in [1.82, 2.24) is 15.3 Å². The van der Waals surface area contributed by atoms with Crippen molar-refractivity contribution in [3.63, 3.8) is 0 Å². The Morgan fingerprint density at radius 2 is 2.12 bits per heavy atom. The van der Waals surface area contributed by atoms with E-state index in [-0.39, 0.29) is 17.7 Å². The van der Waals surface area contributed by atoms with Crippen molar-refractivity contribution in [3.05, 3.63) is 27.4 Å².